The minimum Gasteiger partial charge on any atom is -0.345 e. The van der Waals surface area contributed by atoms with Gasteiger partial charge >= 0.3 is 0 Å². The fourth-order valence-electron chi connectivity index (χ4n) is 1.77. The van der Waals surface area contributed by atoms with Crippen LogP contribution in [0, 0.1) is 11.6 Å². The number of aliphatic imine (C=N–C) groups is 1. The fourth-order valence-corrected chi connectivity index (χ4v) is 1.77. The van der Waals surface area contributed by atoms with E-state index in [2.05, 4.69) is 15.0 Å². The Balaban J connectivity index is 1.95. The molecule has 2 aromatic carbocycles. The van der Waals surface area contributed by atoms with Gasteiger partial charge in [0, 0.05) is 11.8 Å². The van der Waals surface area contributed by atoms with Crippen LogP contribution in [-0.4, -0.2) is 16.2 Å². The molecule has 19 heavy (non-hydrogen) atoms. The van der Waals surface area contributed by atoms with Gasteiger partial charge in [-0.1, -0.05) is 12.1 Å². The van der Waals surface area contributed by atoms with Crippen molar-refractivity contribution in [3.05, 3.63) is 59.9 Å². The van der Waals surface area contributed by atoms with Crippen LogP contribution in [0.25, 0.3) is 11.0 Å². The van der Waals surface area contributed by atoms with E-state index in [1.165, 1.54) is 18.3 Å². The zero-order valence-electron chi connectivity index (χ0n) is 9.77. The van der Waals surface area contributed by atoms with Gasteiger partial charge in [0.2, 0.25) is 0 Å². The molecular formula is C14H9F2N3. The van der Waals surface area contributed by atoms with Crippen molar-refractivity contribution in [1.29, 1.82) is 0 Å². The average molecular weight is 257 g/mol. The lowest BCUT2D eigenvalue weighted by atomic mass is 10.2. The smallest absolute Gasteiger partial charge is 0.167 e. The second-order valence-corrected chi connectivity index (χ2v) is 4.01. The molecule has 0 aliphatic heterocycles. The summed E-state index contributed by atoms with van der Waals surface area (Å²) in [5, 5.41) is 0. The molecule has 0 bridgehead atoms. The van der Waals surface area contributed by atoms with Crippen molar-refractivity contribution in [2.45, 2.75) is 0 Å². The second kappa shape index (κ2) is 4.61. The summed E-state index contributed by atoms with van der Waals surface area (Å²) >= 11 is 0. The predicted octanol–water partition coefficient (Wildman–Crippen LogP) is 3.59. The molecule has 0 fully saturated rings. The topological polar surface area (TPSA) is 41.0 Å². The zero-order valence-corrected chi connectivity index (χ0v) is 9.77. The minimum absolute atomic E-state index is 0.115. The van der Waals surface area contributed by atoms with Gasteiger partial charge in [0.15, 0.2) is 11.6 Å². The first-order valence-electron chi connectivity index (χ1n) is 5.65. The quantitative estimate of drug-likeness (QED) is 0.700. The Hall–Kier alpha value is -2.56. The van der Waals surface area contributed by atoms with E-state index in [0.717, 1.165) is 17.1 Å². The molecule has 0 unspecified atom stereocenters. The maximum absolute atomic E-state index is 13.4. The van der Waals surface area contributed by atoms with Crippen molar-refractivity contribution in [2.75, 3.05) is 0 Å². The molecule has 0 saturated heterocycles. The van der Waals surface area contributed by atoms with Crippen molar-refractivity contribution in [2.24, 2.45) is 4.99 Å². The lowest BCUT2D eigenvalue weighted by Crippen LogP contribution is -1.91. The standard InChI is InChI=1S/C14H9F2N3/c15-11-3-1-2-9(14(11)16)7-17-10-4-5-12-13(6-10)19-8-18-12/h1-8H,(H,18,19). The summed E-state index contributed by atoms with van der Waals surface area (Å²) in [6, 6.07) is 9.34. The summed E-state index contributed by atoms with van der Waals surface area (Å²) in [5.74, 6) is -1.78. The third kappa shape index (κ3) is 2.22. The number of fused-ring (bicyclic) bond motifs is 1. The largest absolute Gasteiger partial charge is 0.345 e. The Morgan fingerprint density at radius 3 is 2.95 bits per heavy atom. The highest BCUT2D eigenvalue weighted by Crippen LogP contribution is 2.18. The Bertz CT molecular complexity index is 762. The summed E-state index contributed by atoms with van der Waals surface area (Å²) in [7, 11) is 0. The maximum Gasteiger partial charge on any atom is 0.167 e. The monoisotopic (exact) mass is 257 g/mol. The van der Waals surface area contributed by atoms with Gasteiger partial charge < -0.3 is 4.98 Å². The Kier molecular flexibility index (Phi) is 2.79. The number of nitrogens with zero attached hydrogens (tertiary/aromatic N) is 2. The van der Waals surface area contributed by atoms with Gasteiger partial charge in [-0.05, 0) is 24.3 Å². The summed E-state index contributed by atoms with van der Waals surface area (Å²) in [5.41, 5.74) is 2.43. The number of nitrogens with one attached hydrogen (secondary N) is 1. The predicted molar refractivity (Wildman–Crippen MR) is 69.7 cm³/mol. The molecule has 3 aromatic rings. The van der Waals surface area contributed by atoms with Gasteiger partial charge in [-0.25, -0.2) is 13.8 Å². The van der Waals surface area contributed by atoms with Gasteiger partial charge in [-0.2, -0.15) is 0 Å². The van der Waals surface area contributed by atoms with E-state index in [1.807, 2.05) is 0 Å². The Labute approximate surface area is 107 Å². The second-order valence-electron chi connectivity index (χ2n) is 4.01. The molecule has 1 heterocycles. The fraction of sp³-hybridized carbons (Fsp3) is 0. The van der Waals surface area contributed by atoms with E-state index in [9.17, 15) is 8.78 Å². The molecule has 1 N–H and O–H groups in total. The SMILES string of the molecule is Fc1cccc(C=Nc2ccc3nc[nH]c3c2)c1F. The number of hydrogen-bond acceptors (Lipinski definition) is 2. The van der Waals surface area contributed by atoms with Crippen LogP contribution < -0.4 is 0 Å². The molecule has 0 amide bonds. The van der Waals surface area contributed by atoms with Crippen LogP contribution in [0.1, 0.15) is 5.56 Å². The third-order valence-corrected chi connectivity index (χ3v) is 2.74. The number of benzene rings is 2. The normalized spacial score (nSPS) is 11.5. The Morgan fingerprint density at radius 2 is 2.05 bits per heavy atom. The minimum atomic E-state index is -0.895. The molecule has 0 aliphatic rings. The molecule has 5 heteroatoms. The lowest BCUT2D eigenvalue weighted by Gasteiger charge is -1.97. The molecule has 3 nitrogen and oxygen atoms in total. The van der Waals surface area contributed by atoms with Gasteiger partial charge in [0.1, 0.15) is 0 Å². The lowest BCUT2D eigenvalue weighted by molar-refractivity contribution is 0.507. The summed E-state index contributed by atoms with van der Waals surface area (Å²) in [4.78, 5) is 11.2. The summed E-state index contributed by atoms with van der Waals surface area (Å²) < 4.78 is 26.4. The van der Waals surface area contributed by atoms with E-state index in [0.29, 0.717) is 5.69 Å². The van der Waals surface area contributed by atoms with Gasteiger partial charge in [-0.15, -0.1) is 0 Å². The zero-order chi connectivity index (χ0) is 13.2. The first-order valence-corrected chi connectivity index (χ1v) is 5.65. The van der Waals surface area contributed by atoms with Gasteiger partial charge in [-0.3, -0.25) is 4.99 Å². The molecule has 0 aliphatic carbocycles. The number of aromatic nitrogens is 2. The molecular weight excluding hydrogens is 248 g/mol. The van der Waals surface area contributed by atoms with E-state index in [1.54, 1.807) is 24.5 Å². The number of aromatic amines is 1. The highest BCUT2D eigenvalue weighted by Gasteiger charge is 2.05. The van der Waals surface area contributed by atoms with E-state index >= 15 is 0 Å². The van der Waals surface area contributed by atoms with Crippen LogP contribution in [0.4, 0.5) is 14.5 Å². The third-order valence-electron chi connectivity index (χ3n) is 2.74. The van der Waals surface area contributed by atoms with Crippen LogP contribution in [-0.2, 0) is 0 Å². The van der Waals surface area contributed by atoms with Crippen molar-refractivity contribution in [3.63, 3.8) is 0 Å². The number of hydrogen-bond donors (Lipinski definition) is 1. The van der Waals surface area contributed by atoms with Gasteiger partial charge in [0.25, 0.3) is 0 Å². The highest BCUT2D eigenvalue weighted by atomic mass is 19.2. The average Bonchev–Trinajstić information content (AvgIpc) is 2.88. The van der Waals surface area contributed by atoms with E-state index in [4.69, 9.17) is 0 Å². The summed E-state index contributed by atoms with van der Waals surface area (Å²) in [6.45, 7) is 0. The van der Waals surface area contributed by atoms with Crippen molar-refractivity contribution < 1.29 is 8.78 Å². The molecule has 0 saturated carbocycles. The first kappa shape index (κ1) is 11.5. The van der Waals surface area contributed by atoms with Crippen LogP contribution in [0.15, 0.2) is 47.7 Å². The molecule has 94 valence electrons. The number of halogens is 2. The van der Waals surface area contributed by atoms with E-state index < -0.39 is 11.6 Å². The number of imidazole rings is 1. The molecule has 3 rings (SSSR count). The number of H-pyrrole nitrogens is 1. The summed E-state index contributed by atoms with van der Waals surface area (Å²) in [6.07, 6.45) is 2.89. The molecule has 1 aromatic heterocycles. The van der Waals surface area contributed by atoms with E-state index in [-0.39, 0.29) is 5.56 Å². The van der Waals surface area contributed by atoms with Crippen molar-refractivity contribution in [1.82, 2.24) is 9.97 Å². The molecule has 0 atom stereocenters. The number of rotatable bonds is 2. The first-order chi connectivity index (χ1) is 9.24. The highest BCUT2D eigenvalue weighted by molar-refractivity contribution is 5.84. The van der Waals surface area contributed by atoms with Crippen LogP contribution in [0.3, 0.4) is 0 Å². The van der Waals surface area contributed by atoms with Crippen molar-refractivity contribution in [3.8, 4) is 0 Å². The van der Waals surface area contributed by atoms with Crippen LogP contribution in [0.2, 0.25) is 0 Å². The molecule has 0 spiro atoms. The maximum atomic E-state index is 13.4. The van der Waals surface area contributed by atoms with Crippen molar-refractivity contribution >= 4 is 22.9 Å². The Morgan fingerprint density at radius 1 is 1.16 bits per heavy atom. The van der Waals surface area contributed by atoms with Gasteiger partial charge in [0.05, 0.1) is 23.0 Å². The van der Waals surface area contributed by atoms with Crippen LogP contribution >= 0.6 is 0 Å². The molecule has 0 radical (unpaired) electrons. The van der Waals surface area contributed by atoms with Crippen LogP contribution in [0.5, 0.6) is 0 Å².